The highest BCUT2D eigenvalue weighted by molar-refractivity contribution is 6.30. The Balaban J connectivity index is 2.36. The third-order valence-corrected chi connectivity index (χ3v) is 2.59. The lowest BCUT2D eigenvalue weighted by Crippen LogP contribution is -2.21. The molecule has 17 heavy (non-hydrogen) atoms. The molecule has 0 saturated carbocycles. The first-order chi connectivity index (χ1) is 8.08. The Kier molecular flexibility index (Phi) is 3.01. The summed E-state index contributed by atoms with van der Waals surface area (Å²) in [6.45, 7) is 0.196. The number of H-pyrrole nitrogens is 1. The maximum Gasteiger partial charge on any atom is 0.354 e. The minimum Gasteiger partial charge on any atom is -0.477 e. The summed E-state index contributed by atoms with van der Waals surface area (Å²) in [7, 11) is 0. The molecule has 2 N–H and O–H groups in total. The number of carboxylic acids is 1. The Labute approximate surface area is 101 Å². The summed E-state index contributed by atoms with van der Waals surface area (Å²) in [4.78, 5) is 24.7. The van der Waals surface area contributed by atoms with Crippen molar-refractivity contribution < 1.29 is 9.90 Å². The number of aromatic amines is 1. The smallest absolute Gasteiger partial charge is 0.354 e. The molecule has 0 bridgehead atoms. The average molecular weight is 253 g/mol. The third-order valence-electron chi connectivity index (χ3n) is 2.34. The van der Waals surface area contributed by atoms with Gasteiger partial charge in [0.1, 0.15) is 5.69 Å². The molecule has 2 rings (SSSR count). The topological polar surface area (TPSA) is 75.1 Å². The van der Waals surface area contributed by atoms with Crippen molar-refractivity contribution in [2.75, 3.05) is 0 Å². The van der Waals surface area contributed by atoms with E-state index in [1.165, 1.54) is 6.20 Å². The van der Waals surface area contributed by atoms with Crippen molar-refractivity contribution in [2.24, 2.45) is 0 Å². The molecular formula is C11H9ClN2O3. The first-order valence-corrected chi connectivity index (χ1v) is 5.21. The summed E-state index contributed by atoms with van der Waals surface area (Å²) in [5.74, 6) is -1.14. The highest BCUT2D eigenvalue weighted by atomic mass is 35.5. The monoisotopic (exact) mass is 252 g/mol. The Hall–Kier alpha value is -2.01. The lowest BCUT2D eigenvalue weighted by molar-refractivity contribution is 0.0685. The molecular weight excluding hydrogens is 244 g/mol. The van der Waals surface area contributed by atoms with E-state index in [0.717, 1.165) is 10.1 Å². The minimum absolute atomic E-state index is 0.0649. The van der Waals surface area contributed by atoms with Crippen LogP contribution in [0.2, 0.25) is 5.02 Å². The van der Waals surface area contributed by atoms with Crippen molar-refractivity contribution in [3.63, 3.8) is 0 Å². The van der Waals surface area contributed by atoms with Gasteiger partial charge < -0.3 is 10.1 Å². The number of nitrogens with zero attached hydrogens (tertiary/aromatic N) is 1. The van der Waals surface area contributed by atoms with Crippen molar-refractivity contribution in [1.29, 1.82) is 0 Å². The van der Waals surface area contributed by atoms with Gasteiger partial charge in [-0.15, -0.1) is 0 Å². The van der Waals surface area contributed by atoms with Gasteiger partial charge in [0.15, 0.2) is 0 Å². The normalized spacial score (nSPS) is 10.4. The van der Waals surface area contributed by atoms with Crippen LogP contribution in [0.5, 0.6) is 0 Å². The van der Waals surface area contributed by atoms with Crippen LogP contribution in [0.1, 0.15) is 16.1 Å². The maximum absolute atomic E-state index is 11.4. The summed E-state index contributed by atoms with van der Waals surface area (Å²) in [6, 6.07) is 6.87. The molecule has 1 aromatic heterocycles. The fourth-order valence-electron chi connectivity index (χ4n) is 1.50. The predicted octanol–water partition coefficient (Wildman–Crippen LogP) is 1.58. The molecule has 5 nitrogen and oxygen atoms in total. The molecule has 0 aliphatic heterocycles. The number of hydrogen-bond donors (Lipinski definition) is 2. The van der Waals surface area contributed by atoms with Crippen LogP contribution in [-0.2, 0) is 6.54 Å². The van der Waals surface area contributed by atoms with E-state index in [-0.39, 0.29) is 12.2 Å². The number of rotatable bonds is 3. The Bertz CT molecular complexity index is 598. The minimum atomic E-state index is -1.14. The van der Waals surface area contributed by atoms with Gasteiger partial charge in [-0.25, -0.2) is 9.59 Å². The molecule has 0 spiro atoms. The van der Waals surface area contributed by atoms with E-state index in [1.54, 1.807) is 24.3 Å². The average Bonchev–Trinajstić information content (AvgIpc) is 2.64. The van der Waals surface area contributed by atoms with Gasteiger partial charge in [0, 0.05) is 11.2 Å². The van der Waals surface area contributed by atoms with Crippen molar-refractivity contribution in [2.45, 2.75) is 6.54 Å². The zero-order valence-electron chi connectivity index (χ0n) is 8.68. The quantitative estimate of drug-likeness (QED) is 0.871. The van der Waals surface area contributed by atoms with E-state index in [1.807, 2.05) is 0 Å². The lowest BCUT2D eigenvalue weighted by Gasteiger charge is -2.04. The largest absolute Gasteiger partial charge is 0.477 e. The van der Waals surface area contributed by atoms with Gasteiger partial charge >= 0.3 is 11.7 Å². The van der Waals surface area contributed by atoms with Gasteiger partial charge in [-0.2, -0.15) is 0 Å². The number of halogens is 1. The lowest BCUT2D eigenvalue weighted by atomic mass is 10.2. The summed E-state index contributed by atoms with van der Waals surface area (Å²) in [6.07, 6.45) is 1.18. The summed E-state index contributed by atoms with van der Waals surface area (Å²) in [5, 5.41) is 9.49. The number of carbonyl (C=O) groups is 1. The highest BCUT2D eigenvalue weighted by Crippen LogP contribution is 2.10. The van der Waals surface area contributed by atoms with Crippen LogP contribution in [0.3, 0.4) is 0 Å². The van der Waals surface area contributed by atoms with E-state index in [2.05, 4.69) is 4.98 Å². The number of aromatic carboxylic acids is 1. The van der Waals surface area contributed by atoms with Crippen molar-refractivity contribution in [3.05, 3.63) is 57.2 Å². The van der Waals surface area contributed by atoms with E-state index in [9.17, 15) is 9.59 Å². The second-order valence-electron chi connectivity index (χ2n) is 3.50. The summed E-state index contributed by atoms with van der Waals surface area (Å²) < 4.78 is 1.16. The van der Waals surface area contributed by atoms with Crippen LogP contribution >= 0.6 is 11.6 Å². The fraction of sp³-hybridized carbons (Fsp3) is 0.0909. The van der Waals surface area contributed by atoms with E-state index in [0.29, 0.717) is 5.02 Å². The summed E-state index contributed by atoms with van der Waals surface area (Å²) in [5.41, 5.74) is 0.293. The molecule has 0 unspecified atom stereocenters. The number of hydrogen-bond acceptors (Lipinski definition) is 2. The van der Waals surface area contributed by atoms with Crippen LogP contribution in [0.15, 0.2) is 35.3 Å². The standard InChI is InChI=1S/C11H9ClN2O3/c12-8-3-1-7(2-4-8)6-14-9(10(15)16)5-13-11(14)17/h1-5H,6H2,(H,13,17)(H,15,16). The number of nitrogens with one attached hydrogen (secondary N) is 1. The zero-order valence-corrected chi connectivity index (χ0v) is 9.44. The van der Waals surface area contributed by atoms with E-state index >= 15 is 0 Å². The van der Waals surface area contributed by atoms with E-state index < -0.39 is 11.7 Å². The molecule has 2 aromatic rings. The number of imidazole rings is 1. The first-order valence-electron chi connectivity index (χ1n) is 4.84. The molecule has 0 aliphatic rings. The molecule has 1 aromatic carbocycles. The predicted molar refractivity (Wildman–Crippen MR) is 62.6 cm³/mol. The number of aromatic nitrogens is 2. The first kappa shape index (κ1) is 11.5. The van der Waals surface area contributed by atoms with Crippen molar-refractivity contribution >= 4 is 17.6 Å². The van der Waals surface area contributed by atoms with Crippen LogP contribution in [0.4, 0.5) is 0 Å². The molecule has 1 heterocycles. The zero-order chi connectivity index (χ0) is 12.4. The van der Waals surface area contributed by atoms with Crippen molar-refractivity contribution in [1.82, 2.24) is 9.55 Å². The van der Waals surface area contributed by atoms with Gasteiger partial charge in [-0.1, -0.05) is 23.7 Å². The van der Waals surface area contributed by atoms with Gasteiger partial charge in [0.25, 0.3) is 0 Å². The second-order valence-corrected chi connectivity index (χ2v) is 3.93. The van der Waals surface area contributed by atoms with Gasteiger partial charge in [-0.3, -0.25) is 4.57 Å². The van der Waals surface area contributed by atoms with Crippen LogP contribution < -0.4 is 5.69 Å². The van der Waals surface area contributed by atoms with Gasteiger partial charge in [0.05, 0.1) is 6.54 Å². The number of benzene rings is 1. The van der Waals surface area contributed by atoms with Gasteiger partial charge in [-0.05, 0) is 17.7 Å². The van der Waals surface area contributed by atoms with Crippen LogP contribution in [-0.4, -0.2) is 20.6 Å². The Morgan fingerprint density at radius 1 is 1.35 bits per heavy atom. The third kappa shape index (κ3) is 2.39. The highest BCUT2D eigenvalue weighted by Gasteiger charge is 2.12. The van der Waals surface area contributed by atoms with Crippen LogP contribution in [0, 0.1) is 0 Å². The van der Waals surface area contributed by atoms with Gasteiger partial charge in [0.2, 0.25) is 0 Å². The molecule has 0 aliphatic carbocycles. The molecule has 0 amide bonds. The SMILES string of the molecule is O=C(O)c1c[nH]c(=O)n1Cc1ccc(Cl)cc1. The Morgan fingerprint density at radius 2 is 2.00 bits per heavy atom. The maximum atomic E-state index is 11.4. The Morgan fingerprint density at radius 3 is 2.59 bits per heavy atom. The fourth-order valence-corrected chi connectivity index (χ4v) is 1.63. The van der Waals surface area contributed by atoms with Crippen molar-refractivity contribution in [3.8, 4) is 0 Å². The van der Waals surface area contributed by atoms with E-state index in [4.69, 9.17) is 16.7 Å². The second kappa shape index (κ2) is 4.47. The molecule has 0 radical (unpaired) electrons. The number of carboxylic acid groups (broad SMARTS) is 1. The molecule has 0 fully saturated rings. The molecule has 88 valence electrons. The molecule has 0 saturated heterocycles. The molecule has 6 heteroatoms. The van der Waals surface area contributed by atoms with Crippen LogP contribution in [0.25, 0.3) is 0 Å². The molecule has 0 atom stereocenters. The summed E-state index contributed by atoms with van der Waals surface area (Å²) >= 11 is 5.74.